The van der Waals surface area contributed by atoms with Crippen LogP contribution < -0.4 is 5.32 Å². The Morgan fingerprint density at radius 1 is 0.429 bits per heavy atom. The molecule has 0 saturated carbocycles. The maximum Gasteiger partial charge on any atom is 0.220 e. The van der Waals surface area contributed by atoms with Crippen LogP contribution in [-0.4, -0.2) is 46.1 Å². The third kappa shape index (κ3) is 41.0. The Hall–Kier alpha value is -1.17. The molecule has 0 aromatic rings. The van der Waals surface area contributed by atoms with E-state index in [9.17, 15) is 20.1 Å². The van der Waals surface area contributed by atoms with Gasteiger partial charge in [-0.2, -0.15) is 0 Å². The SMILES string of the molecule is CCCCCCCCCCCCC/C=C/CC/C=C/CCCC(O)C(O)C(CO)NC(=O)CCCCCCCCCCCCCCCCCCCCCCCC. The molecule has 56 heavy (non-hydrogen) atoms. The van der Waals surface area contributed by atoms with E-state index >= 15 is 0 Å². The first-order valence-corrected chi connectivity index (χ1v) is 25.1. The van der Waals surface area contributed by atoms with Gasteiger partial charge in [0.05, 0.1) is 18.8 Å². The van der Waals surface area contributed by atoms with Gasteiger partial charge in [0.25, 0.3) is 0 Å². The maximum absolute atomic E-state index is 12.5. The average molecular weight is 790 g/mol. The number of hydrogen-bond acceptors (Lipinski definition) is 4. The van der Waals surface area contributed by atoms with Crippen molar-refractivity contribution in [1.82, 2.24) is 5.32 Å². The van der Waals surface area contributed by atoms with Gasteiger partial charge in [-0.25, -0.2) is 0 Å². The highest BCUT2D eigenvalue weighted by molar-refractivity contribution is 5.76. The number of aliphatic hydroxyl groups excluding tert-OH is 3. The molecule has 0 spiro atoms. The van der Waals surface area contributed by atoms with Gasteiger partial charge in [-0.05, 0) is 51.4 Å². The zero-order valence-corrected chi connectivity index (χ0v) is 37.8. The first kappa shape index (κ1) is 54.8. The fraction of sp³-hybridized carbons (Fsp3) is 0.902. The van der Waals surface area contributed by atoms with Crippen LogP contribution in [0.1, 0.15) is 271 Å². The number of hydrogen-bond donors (Lipinski definition) is 4. The predicted octanol–water partition coefficient (Wildman–Crippen LogP) is 14.9. The molecular formula is C51H99NO4. The van der Waals surface area contributed by atoms with Crippen molar-refractivity contribution in [2.24, 2.45) is 0 Å². The van der Waals surface area contributed by atoms with Crippen molar-refractivity contribution in [3.8, 4) is 0 Å². The molecule has 332 valence electrons. The lowest BCUT2D eigenvalue weighted by molar-refractivity contribution is -0.124. The van der Waals surface area contributed by atoms with E-state index in [0.717, 1.165) is 44.9 Å². The van der Waals surface area contributed by atoms with Crippen LogP contribution in [0, 0.1) is 0 Å². The highest BCUT2D eigenvalue weighted by atomic mass is 16.3. The molecule has 0 radical (unpaired) electrons. The first-order chi connectivity index (χ1) is 27.6. The third-order valence-electron chi connectivity index (χ3n) is 11.8. The van der Waals surface area contributed by atoms with Crippen molar-refractivity contribution < 1.29 is 20.1 Å². The maximum atomic E-state index is 12.5. The summed E-state index contributed by atoms with van der Waals surface area (Å²) >= 11 is 0. The number of amides is 1. The number of carbonyl (C=O) groups is 1. The van der Waals surface area contributed by atoms with Crippen molar-refractivity contribution in [2.45, 2.75) is 289 Å². The summed E-state index contributed by atoms with van der Waals surface area (Å²) < 4.78 is 0. The quantitative estimate of drug-likeness (QED) is 0.0365. The Bertz CT molecular complexity index is 829. The zero-order chi connectivity index (χ0) is 40.8. The van der Waals surface area contributed by atoms with Crippen molar-refractivity contribution in [2.75, 3.05) is 6.61 Å². The molecule has 5 nitrogen and oxygen atoms in total. The van der Waals surface area contributed by atoms with Gasteiger partial charge in [0.1, 0.15) is 6.10 Å². The molecule has 0 aliphatic carbocycles. The largest absolute Gasteiger partial charge is 0.394 e. The monoisotopic (exact) mass is 790 g/mol. The van der Waals surface area contributed by atoms with Crippen molar-refractivity contribution in [3.05, 3.63) is 24.3 Å². The van der Waals surface area contributed by atoms with E-state index in [2.05, 4.69) is 43.5 Å². The first-order valence-electron chi connectivity index (χ1n) is 25.1. The summed E-state index contributed by atoms with van der Waals surface area (Å²) in [6, 6.07) is -0.829. The Morgan fingerprint density at radius 3 is 1.09 bits per heavy atom. The van der Waals surface area contributed by atoms with E-state index in [-0.39, 0.29) is 12.5 Å². The molecule has 1 amide bonds. The number of carbonyl (C=O) groups excluding carboxylic acids is 1. The molecule has 4 N–H and O–H groups in total. The second kappa shape index (κ2) is 46.5. The molecule has 0 fully saturated rings. The van der Waals surface area contributed by atoms with Gasteiger partial charge in [-0.3, -0.25) is 4.79 Å². The van der Waals surface area contributed by atoms with E-state index in [1.165, 1.54) is 199 Å². The van der Waals surface area contributed by atoms with Crippen LogP contribution in [0.15, 0.2) is 24.3 Å². The molecule has 0 bridgehead atoms. The van der Waals surface area contributed by atoms with E-state index < -0.39 is 18.2 Å². The second-order valence-electron chi connectivity index (χ2n) is 17.4. The molecule has 0 aliphatic rings. The summed E-state index contributed by atoms with van der Waals surface area (Å²) in [5.74, 6) is -0.153. The van der Waals surface area contributed by atoms with Gasteiger partial charge in [-0.1, -0.05) is 237 Å². The minimum Gasteiger partial charge on any atom is -0.394 e. The number of nitrogens with one attached hydrogen (secondary N) is 1. The smallest absolute Gasteiger partial charge is 0.220 e. The summed E-state index contributed by atoms with van der Waals surface area (Å²) in [6.45, 7) is 4.19. The summed E-state index contributed by atoms with van der Waals surface area (Å²) in [5.41, 5.74) is 0. The van der Waals surface area contributed by atoms with Crippen LogP contribution in [0.4, 0.5) is 0 Å². The molecule has 3 atom stereocenters. The molecular weight excluding hydrogens is 691 g/mol. The van der Waals surface area contributed by atoms with Crippen LogP contribution in [0.3, 0.4) is 0 Å². The summed E-state index contributed by atoms with van der Waals surface area (Å²) in [4.78, 5) is 12.5. The van der Waals surface area contributed by atoms with Crippen LogP contribution in [0.5, 0.6) is 0 Å². The van der Waals surface area contributed by atoms with Crippen molar-refractivity contribution in [1.29, 1.82) is 0 Å². The standard InChI is InChI=1S/C51H99NO4/c1-3-5-7-9-11-13-15-17-19-21-23-25-26-28-30-32-34-36-38-40-42-44-46-50(55)52-48(47-53)51(56)49(54)45-43-41-39-37-35-33-31-29-27-24-22-20-18-16-14-12-10-8-6-4-2/h29,31,37,39,48-49,51,53-54,56H,3-28,30,32-36,38,40-47H2,1-2H3,(H,52,55)/b31-29+,39-37+. The van der Waals surface area contributed by atoms with E-state index in [0.29, 0.717) is 12.8 Å². The van der Waals surface area contributed by atoms with Crippen LogP contribution >= 0.6 is 0 Å². The third-order valence-corrected chi connectivity index (χ3v) is 11.8. The van der Waals surface area contributed by atoms with Crippen molar-refractivity contribution >= 4 is 5.91 Å². The Kier molecular flexibility index (Phi) is 45.5. The molecule has 0 heterocycles. The summed E-state index contributed by atoms with van der Waals surface area (Å²) in [6.07, 6.45) is 57.4. The van der Waals surface area contributed by atoms with Gasteiger partial charge in [-0.15, -0.1) is 0 Å². The van der Waals surface area contributed by atoms with Crippen LogP contribution in [-0.2, 0) is 4.79 Å². The Morgan fingerprint density at radius 2 is 0.732 bits per heavy atom. The lowest BCUT2D eigenvalue weighted by Crippen LogP contribution is -2.50. The molecule has 0 aromatic carbocycles. The van der Waals surface area contributed by atoms with E-state index in [4.69, 9.17) is 0 Å². The van der Waals surface area contributed by atoms with Crippen molar-refractivity contribution in [3.63, 3.8) is 0 Å². The topological polar surface area (TPSA) is 89.8 Å². The highest BCUT2D eigenvalue weighted by Gasteiger charge is 2.26. The molecule has 5 heteroatoms. The normalized spacial score (nSPS) is 13.6. The van der Waals surface area contributed by atoms with Crippen LogP contribution in [0.25, 0.3) is 0 Å². The summed E-state index contributed by atoms with van der Waals surface area (Å²) in [7, 11) is 0. The minimum absolute atomic E-state index is 0.153. The number of unbranched alkanes of at least 4 members (excludes halogenated alkanes) is 34. The second-order valence-corrected chi connectivity index (χ2v) is 17.4. The van der Waals surface area contributed by atoms with Gasteiger partial charge < -0.3 is 20.6 Å². The molecule has 0 rings (SSSR count). The predicted molar refractivity (Wildman–Crippen MR) is 245 cm³/mol. The zero-order valence-electron chi connectivity index (χ0n) is 37.8. The highest BCUT2D eigenvalue weighted by Crippen LogP contribution is 2.17. The fourth-order valence-corrected chi connectivity index (χ4v) is 7.89. The molecule has 0 aromatic heterocycles. The molecule has 0 saturated heterocycles. The number of aliphatic hydroxyl groups is 3. The fourth-order valence-electron chi connectivity index (χ4n) is 7.89. The Balaban J connectivity index is 3.61. The van der Waals surface area contributed by atoms with Gasteiger partial charge in [0.15, 0.2) is 0 Å². The Labute approximate surface area is 350 Å². The lowest BCUT2D eigenvalue weighted by Gasteiger charge is -2.26. The van der Waals surface area contributed by atoms with E-state index in [1.54, 1.807) is 0 Å². The van der Waals surface area contributed by atoms with Gasteiger partial charge in [0.2, 0.25) is 5.91 Å². The van der Waals surface area contributed by atoms with Gasteiger partial charge >= 0.3 is 0 Å². The van der Waals surface area contributed by atoms with Crippen LogP contribution in [0.2, 0.25) is 0 Å². The lowest BCUT2D eigenvalue weighted by atomic mass is 10.0. The van der Waals surface area contributed by atoms with E-state index in [1.807, 2.05) is 0 Å². The minimum atomic E-state index is -1.16. The van der Waals surface area contributed by atoms with Gasteiger partial charge in [0, 0.05) is 6.42 Å². The number of rotatable bonds is 46. The molecule has 3 unspecified atom stereocenters. The number of allylic oxidation sites excluding steroid dienone is 4. The summed E-state index contributed by atoms with van der Waals surface area (Å²) in [5, 5.41) is 33.6. The average Bonchev–Trinajstić information content (AvgIpc) is 3.20. The molecule has 0 aliphatic heterocycles.